The lowest BCUT2D eigenvalue weighted by Crippen LogP contribution is -2.34. The standard InChI is InChI=1S/C9H13ClN2/c1-7(12-11)5-8-3-2-4-9(10)6-8/h2-4,6-7,12H,5,11H2,1H3/t7-/m1/s1. The molecule has 2 nitrogen and oxygen atoms in total. The summed E-state index contributed by atoms with van der Waals surface area (Å²) >= 11 is 5.82. The summed E-state index contributed by atoms with van der Waals surface area (Å²) in [5, 5.41) is 0.775. The van der Waals surface area contributed by atoms with Crippen LogP contribution in [-0.2, 0) is 6.42 Å². The fraction of sp³-hybridized carbons (Fsp3) is 0.333. The molecule has 1 rings (SSSR count). The number of benzene rings is 1. The fourth-order valence-electron chi connectivity index (χ4n) is 1.08. The summed E-state index contributed by atoms with van der Waals surface area (Å²) in [6, 6.07) is 8.09. The summed E-state index contributed by atoms with van der Waals surface area (Å²) in [6.07, 6.45) is 0.900. The maximum Gasteiger partial charge on any atom is 0.0408 e. The van der Waals surface area contributed by atoms with Crippen molar-refractivity contribution in [2.75, 3.05) is 0 Å². The number of hydrazine groups is 1. The van der Waals surface area contributed by atoms with E-state index < -0.39 is 0 Å². The first-order chi connectivity index (χ1) is 5.72. The van der Waals surface area contributed by atoms with Gasteiger partial charge in [-0.3, -0.25) is 11.3 Å². The van der Waals surface area contributed by atoms with Crippen LogP contribution in [0.5, 0.6) is 0 Å². The van der Waals surface area contributed by atoms with Crippen molar-refractivity contribution in [2.45, 2.75) is 19.4 Å². The molecule has 0 heterocycles. The van der Waals surface area contributed by atoms with Crippen LogP contribution < -0.4 is 11.3 Å². The van der Waals surface area contributed by atoms with Crippen LogP contribution in [0.1, 0.15) is 12.5 Å². The smallest absolute Gasteiger partial charge is 0.0408 e. The molecule has 3 heteroatoms. The molecule has 0 aliphatic carbocycles. The van der Waals surface area contributed by atoms with Gasteiger partial charge in [-0.15, -0.1) is 0 Å². The van der Waals surface area contributed by atoms with Crippen molar-refractivity contribution in [3.05, 3.63) is 34.9 Å². The van der Waals surface area contributed by atoms with Gasteiger partial charge in [0.05, 0.1) is 0 Å². The Morgan fingerprint density at radius 2 is 2.33 bits per heavy atom. The molecule has 66 valence electrons. The van der Waals surface area contributed by atoms with Crippen molar-refractivity contribution < 1.29 is 0 Å². The van der Waals surface area contributed by atoms with Crippen LogP contribution in [0.4, 0.5) is 0 Å². The maximum absolute atomic E-state index is 5.82. The van der Waals surface area contributed by atoms with E-state index in [0.717, 1.165) is 11.4 Å². The van der Waals surface area contributed by atoms with Gasteiger partial charge in [0.1, 0.15) is 0 Å². The van der Waals surface area contributed by atoms with Gasteiger partial charge in [-0.1, -0.05) is 23.7 Å². The first kappa shape index (κ1) is 9.52. The van der Waals surface area contributed by atoms with Gasteiger partial charge in [0.2, 0.25) is 0 Å². The third-order valence-corrected chi connectivity index (χ3v) is 1.95. The number of nitrogens with two attached hydrogens (primary N) is 1. The second-order valence-electron chi connectivity index (χ2n) is 2.90. The second kappa shape index (κ2) is 4.45. The minimum absolute atomic E-state index is 0.281. The highest BCUT2D eigenvalue weighted by Gasteiger charge is 2.00. The third-order valence-electron chi connectivity index (χ3n) is 1.72. The Balaban J connectivity index is 2.63. The van der Waals surface area contributed by atoms with E-state index in [1.807, 2.05) is 31.2 Å². The maximum atomic E-state index is 5.82. The molecular formula is C9H13ClN2. The summed E-state index contributed by atoms with van der Waals surface area (Å²) in [6.45, 7) is 2.03. The molecule has 0 fully saturated rings. The summed E-state index contributed by atoms with van der Waals surface area (Å²) < 4.78 is 0. The summed E-state index contributed by atoms with van der Waals surface area (Å²) in [5.74, 6) is 5.27. The molecule has 0 amide bonds. The van der Waals surface area contributed by atoms with Gasteiger partial charge in [-0.25, -0.2) is 0 Å². The van der Waals surface area contributed by atoms with Crippen LogP contribution in [0.2, 0.25) is 5.02 Å². The minimum Gasteiger partial charge on any atom is -0.271 e. The molecule has 0 spiro atoms. The van der Waals surface area contributed by atoms with Gasteiger partial charge in [0.15, 0.2) is 0 Å². The highest BCUT2D eigenvalue weighted by Crippen LogP contribution is 2.11. The van der Waals surface area contributed by atoms with Gasteiger partial charge in [0.25, 0.3) is 0 Å². The number of nitrogens with one attached hydrogen (secondary N) is 1. The SMILES string of the molecule is C[C@H](Cc1cccc(Cl)c1)NN. The van der Waals surface area contributed by atoms with Crippen LogP contribution in [0.25, 0.3) is 0 Å². The van der Waals surface area contributed by atoms with Crippen molar-refractivity contribution in [2.24, 2.45) is 5.84 Å². The fourth-order valence-corrected chi connectivity index (χ4v) is 1.29. The van der Waals surface area contributed by atoms with Gasteiger partial charge in [-0.2, -0.15) is 0 Å². The monoisotopic (exact) mass is 184 g/mol. The number of rotatable bonds is 3. The lowest BCUT2D eigenvalue weighted by Gasteiger charge is -2.09. The summed E-state index contributed by atoms with van der Waals surface area (Å²) in [5.41, 5.74) is 3.89. The van der Waals surface area contributed by atoms with Gasteiger partial charge >= 0.3 is 0 Å². The number of hydrogen-bond acceptors (Lipinski definition) is 2. The quantitative estimate of drug-likeness (QED) is 0.555. The molecule has 0 saturated heterocycles. The van der Waals surface area contributed by atoms with E-state index in [4.69, 9.17) is 17.4 Å². The first-order valence-corrected chi connectivity index (χ1v) is 4.30. The Kier molecular flexibility index (Phi) is 3.53. The van der Waals surface area contributed by atoms with Crippen LogP contribution in [0.15, 0.2) is 24.3 Å². The molecule has 12 heavy (non-hydrogen) atoms. The molecule has 0 radical (unpaired) electrons. The molecule has 1 aromatic carbocycles. The van der Waals surface area contributed by atoms with Crippen molar-refractivity contribution in [1.82, 2.24) is 5.43 Å². The van der Waals surface area contributed by atoms with Crippen LogP contribution >= 0.6 is 11.6 Å². The van der Waals surface area contributed by atoms with Gasteiger partial charge in [0, 0.05) is 11.1 Å². The zero-order valence-corrected chi connectivity index (χ0v) is 7.81. The molecule has 0 bridgehead atoms. The zero-order valence-electron chi connectivity index (χ0n) is 7.05. The molecule has 3 N–H and O–H groups in total. The van der Waals surface area contributed by atoms with Crippen molar-refractivity contribution in [1.29, 1.82) is 0 Å². The van der Waals surface area contributed by atoms with Gasteiger partial charge < -0.3 is 0 Å². The predicted molar refractivity (Wildman–Crippen MR) is 51.9 cm³/mol. The Morgan fingerprint density at radius 1 is 1.58 bits per heavy atom. The molecule has 0 aromatic heterocycles. The molecule has 1 atom stereocenters. The summed E-state index contributed by atoms with van der Waals surface area (Å²) in [7, 11) is 0. The molecular weight excluding hydrogens is 172 g/mol. The third kappa shape index (κ3) is 2.81. The average Bonchev–Trinajstić information content (AvgIpc) is 2.04. The molecule has 0 aliphatic heterocycles. The van der Waals surface area contributed by atoms with Gasteiger partial charge in [-0.05, 0) is 31.0 Å². The Labute approximate surface area is 77.7 Å². The highest BCUT2D eigenvalue weighted by atomic mass is 35.5. The highest BCUT2D eigenvalue weighted by molar-refractivity contribution is 6.30. The molecule has 1 aromatic rings. The predicted octanol–water partition coefficient (Wildman–Crippen LogP) is 1.73. The minimum atomic E-state index is 0.281. The normalized spacial score (nSPS) is 12.9. The van der Waals surface area contributed by atoms with Crippen LogP contribution in [-0.4, -0.2) is 6.04 Å². The Morgan fingerprint density at radius 3 is 2.92 bits per heavy atom. The van der Waals surface area contributed by atoms with E-state index in [0.29, 0.717) is 0 Å². The lowest BCUT2D eigenvalue weighted by molar-refractivity contribution is 0.568. The second-order valence-corrected chi connectivity index (χ2v) is 3.34. The van der Waals surface area contributed by atoms with E-state index in [2.05, 4.69) is 5.43 Å². The van der Waals surface area contributed by atoms with Crippen molar-refractivity contribution >= 4 is 11.6 Å². The molecule has 0 unspecified atom stereocenters. The van der Waals surface area contributed by atoms with E-state index >= 15 is 0 Å². The van der Waals surface area contributed by atoms with E-state index in [-0.39, 0.29) is 6.04 Å². The van der Waals surface area contributed by atoms with Crippen molar-refractivity contribution in [3.8, 4) is 0 Å². The summed E-state index contributed by atoms with van der Waals surface area (Å²) in [4.78, 5) is 0. The lowest BCUT2D eigenvalue weighted by atomic mass is 10.1. The Bertz CT molecular complexity index is 250. The van der Waals surface area contributed by atoms with E-state index in [1.165, 1.54) is 5.56 Å². The van der Waals surface area contributed by atoms with Crippen LogP contribution in [0.3, 0.4) is 0 Å². The molecule has 0 saturated carbocycles. The number of halogens is 1. The topological polar surface area (TPSA) is 38.0 Å². The van der Waals surface area contributed by atoms with E-state index in [9.17, 15) is 0 Å². The zero-order chi connectivity index (χ0) is 8.97. The average molecular weight is 185 g/mol. The Hall–Kier alpha value is -0.570. The largest absolute Gasteiger partial charge is 0.271 e. The first-order valence-electron chi connectivity index (χ1n) is 3.93. The number of hydrogen-bond donors (Lipinski definition) is 2. The van der Waals surface area contributed by atoms with Crippen molar-refractivity contribution in [3.63, 3.8) is 0 Å². The molecule has 0 aliphatic rings. The van der Waals surface area contributed by atoms with Crippen LogP contribution in [0, 0.1) is 0 Å². The van der Waals surface area contributed by atoms with E-state index in [1.54, 1.807) is 0 Å².